The van der Waals surface area contributed by atoms with Gasteiger partial charge in [0, 0.05) is 37.7 Å². The zero-order valence-corrected chi connectivity index (χ0v) is 14.6. The van der Waals surface area contributed by atoms with Gasteiger partial charge in [0.25, 0.3) is 0 Å². The topological polar surface area (TPSA) is 66.5 Å². The lowest BCUT2D eigenvalue weighted by Gasteiger charge is -2.29. The first kappa shape index (κ1) is 17.5. The van der Waals surface area contributed by atoms with Crippen molar-refractivity contribution in [3.05, 3.63) is 53.3 Å². The number of pyridine rings is 1. The van der Waals surface area contributed by atoms with Crippen LogP contribution in [0.2, 0.25) is 5.02 Å². The van der Waals surface area contributed by atoms with Crippen molar-refractivity contribution in [1.82, 2.24) is 10.3 Å². The molecule has 1 aromatic carbocycles. The number of urea groups is 1. The number of hydrogen-bond donors (Lipinski definition) is 2. The van der Waals surface area contributed by atoms with Gasteiger partial charge in [-0.3, -0.25) is 4.98 Å². The largest absolute Gasteiger partial charge is 0.378 e. The number of ether oxygens (including phenoxy) is 1. The number of morpholine rings is 1. The standard InChI is InChI=1S/C18H21ClN4O2/c19-16-2-1-15(23-9-11-25-12-10-23)13-17(16)22-18(24)21-8-5-14-3-6-20-7-4-14/h1-4,6-7,13H,5,8-12H2,(H2,21,22,24). The number of amides is 2. The first-order valence-electron chi connectivity index (χ1n) is 8.28. The van der Waals surface area contributed by atoms with Crippen LogP contribution in [0.4, 0.5) is 16.2 Å². The molecule has 25 heavy (non-hydrogen) atoms. The molecule has 132 valence electrons. The Morgan fingerprint density at radius 1 is 1.20 bits per heavy atom. The first-order valence-corrected chi connectivity index (χ1v) is 8.66. The number of hydrogen-bond acceptors (Lipinski definition) is 4. The minimum absolute atomic E-state index is 0.268. The Bertz CT molecular complexity index is 705. The third-order valence-electron chi connectivity index (χ3n) is 4.02. The van der Waals surface area contributed by atoms with Crippen molar-refractivity contribution in [3.8, 4) is 0 Å². The number of carbonyl (C=O) groups excluding carboxylic acids is 1. The number of nitrogens with one attached hydrogen (secondary N) is 2. The predicted molar refractivity (Wildman–Crippen MR) is 99.4 cm³/mol. The summed E-state index contributed by atoms with van der Waals surface area (Å²) < 4.78 is 5.37. The maximum Gasteiger partial charge on any atom is 0.319 e. The normalized spacial score (nSPS) is 14.2. The van der Waals surface area contributed by atoms with Gasteiger partial charge in [0.15, 0.2) is 0 Å². The van der Waals surface area contributed by atoms with Crippen LogP contribution in [-0.2, 0) is 11.2 Å². The lowest BCUT2D eigenvalue weighted by Crippen LogP contribution is -2.36. The molecule has 0 aliphatic carbocycles. The molecule has 0 bridgehead atoms. The fraction of sp³-hybridized carbons (Fsp3) is 0.333. The van der Waals surface area contributed by atoms with Crippen molar-refractivity contribution in [2.75, 3.05) is 43.1 Å². The highest BCUT2D eigenvalue weighted by atomic mass is 35.5. The average Bonchev–Trinajstić information content (AvgIpc) is 2.65. The number of benzene rings is 1. The molecule has 1 fully saturated rings. The molecule has 1 aliphatic rings. The van der Waals surface area contributed by atoms with Crippen molar-refractivity contribution in [1.29, 1.82) is 0 Å². The molecule has 0 saturated carbocycles. The van der Waals surface area contributed by atoms with Crippen LogP contribution in [0, 0.1) is 0 Å². The molecule has 1 aromatic heterocycles. The van der Waals surface area contributed by atoms with E-state index in [-0.39, 0.29) is 6.03 Å². The second-order valence-electron chi connectivity index (χ2n) is 5.75. The Labute approximate surface area is 152 Å². The summed E-state index contributed by atoms with van der Waals surface area (Å²) in [6, 6.07) is 9.26. The van der Waals surface area contributed by atoms with Crippen molar-refractivity contribution >= 4 is 29.0 Å². The van der Waals surface area contributed by atoms with Gasteiger partial charge in [-0.25, -0.2) is 4.79 Å². The summed E-state index contributed by atoms with van der Waals surface area (Å²) in [6.07, 6.45) is 4.23. The number of nitrogens with zero attached hydrogens (tertiary/aromatic N) is 2. The summed E-state index contributed by atoms with van der Waals surface area (Å²) in [5, 5.41) is 6.18. The molecule has 2 aromatic rings. The lowest BCUT2D eigenvalue weighted by molar-refractivity contribution is 0.122. The maximum absolute atomic E-state index is 12.1. The second kappa shape index (κ2) is 8.69. The van der Waals surface area contributed by atoms with E-state index in [0.29, 0.717) is 30.5 Å². The summed E-state index contributed by atoms with van der Waals surface area (Å²) in [4.78, 5) is 18.3. The van der Waals surface area contributed by atoms with Crippen LogP contribution >= 0.6 is 11.6 Å². The van der Waals surface area contributed by atoms with Crippen molar-refractivity contribution in [2.24, 2.45) is 0 Å². The summed E-state index contributed by atoms with van der Waals surface area (Å²) in [5.74, 6) is 0. The average molecular weight is 361 g/mol. The maximum atomic E-state index is 12.1. The zero-order valence-electron chi connectivity index (χ0n) is 13.9. The van der Waals surface area contributed by atoms with E-state index < -0.39 is 0 Å². The van der Waals surface area contributed by atoms with Gasteiger partial charge in [-0.2, -0.15) is 0 Å². The van der Waals surface area contributed by atoms with E-state index >= 15 is 0 Å². The Balaban J connectivity index is 1.55. The molecule has 1 saturated heterocycles. The Hall–Kier alpha value is -2.31. The van der Waals surface area contributed by atoms with Crippen molar-refractivity contribution < 1.29 is 9.53 Å². The highest BCUT2D eigenvalue weighted by molar-refractivity contribution is 6.33. The van der Waals surface area contributed by atoms with Crippen molar-refractivity contribution in [2.45, 2.75) is 6.42 Å². The second-order valence-corrected chi connectivity index (χ2v) is 6.16. The van der Waals surface area contributed by atoms with E-state index in [1.165, 1.54) is 0 Å². The number of anilines is 2. The molecule has 3 rings (SSSR count). The van der Waals surface area contributed by atoms with Crippen LogP contribution in [0.5, 0.6) is 0 Å². The molecule has 0 atom stereocenters. The van der Waals surface area contributed by atoms with Gasteiger partial charge in [0.05, 0.1) is 23.9 Å². The summed E-state index contributed by atoms with van der Waals surface area (Å²) in [6.45, 7) is 3.62. The molecule has 0 spiro atoms. The van der Waals surface area contributed by atoms with Crippen LogP contribution in [0.15, 0.2) is 42.7 Å². The minimum atomic E-state index is -0.268. The number of aromatic nitrogens is 1. The first-order chi connectivity index (χ1) is 12.2. The van der Waals surface area contributed by atoms with Crippen LogP contribution < -0.4 is 15.5 Å². The van der Waals surface area contributed by atoms with E-state index in [9.17, 15) is 4.79 Å². The van der Waals surface area contributed by atoms with Gasteiger partial charge in [0.2, 0.25) is 0 Å². The molecule has 1 aliphatic heterocycles. The van der Waals surface area contributed by atoms with Gasteiger partial charge in [0.1, 0.15) is 0 Å². The SMILES string of the molecule is O=C(NCCc1ccncc1)Nc1cc(N2CCOCC2)ccc1Cl. The van der Waals surface area contributed by atoms with Crippen LogP contribution in [-0.4, -0.2) is 43.9 Å². The van der Waals surface area contributed by atoms with E-state index in [2.05, 4.69) is 20.5 Å². The molecule has 0 radical (unpaired) electrons. The van der Waals surface area contributed by atoms with Crippen LogP contribution in [0.1, 0.15) is 5.56 Å². The third kappa shape index (κ3) is 5.08. The highest BCUT2D eigenvalue weighted by Gasteiger charge is 2.13. The van der Waals surface area contributed by atoms with Gasteiger partial charge in [-0.05, 0) is 42.3 Å². The predicted octanol–water partition coefficient (Wildman–Crippen LogP) is 2.94. The van der Waals surface area contributed by atoms with E-state index in [1.807, 2.05) is 24.3 Å². The minimum Gasteiger partial charge on any atom is -0.378 e. The summed E-state index contributed by atoms with van der Waals surface area (Å²) >= 11 is 6.22. The zero-order chi connectivity index (χ0) is 17.5. The molecule has 2 N–H and O–H groups in total. The molecule has 6 nitrogen and oxygen atoms in total. The lowest BCUT2D eigenvalue weighted by atomic mass is 10.2. The van der Waals surface area contributed by atoms with Gasteiger partial charge < -0.3 is 20.3 Å². The smallest absolute Gasteiger partial charge is 0.319 e. The van der Waals surface area contributed by atoms with Crippen LogP contribution in [0.25, 0.3) is 0 Å². The molecule has 2 heterocycles. The van der Waals surface area contributed by atoms with Crippen molar-refractivity contribution in [3.63, 3.8) is 0 Å². The highest BCUT2D eigenvalue weighted by Crippen LogP contribution is 2.28. The fourth-order valence-corrected chi connectivity index (χ4v) is 2.83. The quantitative estimate of drug-likeness (QED) is 0.860. The molecular weight excluding hydrogens is 340 g/mol. The monoisotopic (exact) mass is 360 g/mol. The Morgan fingerprint density at radius 2 is 1.96 bits per heavy atom. The van der Waals surface area contributed by atoms with Gasteiger partial charge in [-0.1, -0.05) is 11.6 Å². The van der Waals surface area contributed by atoms with Crippen LogP contribution in [0.3, 0.4) is 0 Å². The van der Waals surface area contributed by atoms with E-state index in [4.69, 9.17) is 16.3 Å². The molecule has 2 amide bonds. The number of halogens is 1. The summed E-state index contributed by atoms with van der Waals surface area (Å²) in [7, 11) is 0. The van der Waals surface area contributed by atoms with E-state index in [1.54, 1.807) is 18.5 Å². The van der Waals surface area contributed by atoms with Gasteiger partial charge in [-0.15, -0.1) is 0 Å². The fourth-order valence-electron chi connectivity index (χ4n) is 2.66. The van der Waals surface area contributed by atoms with Gasteiger partial charge >= 0.3 is 6.03 Å². The number of carbonyl (C=O) groups is 1. The molecular formula is C18H21ClN4O2. The Kier molecular flexibility index (Phi) is 6.09. The third-order valence-corrected chi connectivity index (χ3v) is 4.35. The van der Waals surface area contributed by atoms with E-state index in [0.717, 1.165) is 30.8 Å². The molecule has 0 unspecified atom stereocenters. The molecule has 7 heteroatoms. The number of rotatable bonds is 5. The summed E-state index contributed by atoms with van der Waals surface area (Å²) in [5.41, 5.74) is 2.76. The Morgan fingerprint density at radius 3 is 2.72 bits per heavy atom.